The van der Waals surface area contributed by atoms with E-state index in [4.69, 9.17) is 0 Å². The minimum absolute atomic E-state index is 0.226. The first-order valence-electron chi connectivity index (χ1n) is 11.1. The van der Waals surface area contributed by atoms with Gasteiger partial charge in [0.1, 0.15) is 0 Å². The number of hydrogen-bond donors (Lipinski definition) is 3. The third kappa shape index (κ3) is 4.30. The van der Waals surface area contributed by atoms with Crippen LogP contribution in [-0.2, 0) is 11.3 Å². The number of carbonyl (C=O) groups excluding carboxylic acids is 2. The molecule has 0 unspecified atom stereocenters. The smallest absolute Gasteiger partial charge is 0.321 e. The molecule has 9 heteroatoms. The summed E-state index contributed by atoms with van der Waals surface area (Å²) in [5, 5.41) is 9.81. The molecule has 3 heterocycles. The summed E-state index contributed by atoms with van der Waals surface area (Å²) in [6.07, 6.45) is 5.17. The van der Waals surface area contributed by atoms with Gasteiger partial charge in [0.25, 0.3) is 0 Å². The molecule has 5 rings (SSSR count). The lowest BCUT2D eigenvalue weighted by Crippen LogP contribution is -2.28. The van der Waals surface area contributed by atoms with Crippen molar-refractivity contribution in [1.29, 1.82) is 0 Å². The van der Waals surface area contributed by atoms with Crippen molar-refractivity contribution in [2.24, 2.45) is 0 Å². The minimum Gasteiger partial charge on any atom is -0.338 e. The number of urea groups is 1. The second-order valence-electron chi connectivity index (χ2n) is 8.03. The van der Waals surface area contributed by atoms with E-state index in [2.05, 4.69) is 50.0 Å². The van der Waals surface area contributed by atoms with E-state index in [0.29, 0.717) is 25.5 Å². The number of H-pyrrole nitrogens is 1. The van der Waals surface area contributed by atoms with E-state index in [0.717, 1.165) is 46.4 Å². The zero-order valence-electron chi connectivity index (χ0n) is 18.3. The van der Waals surface area contributed by atoms with Crippen molar-refractivity contribution >= 4 is 28.9 Å². The number of amides is 3. The van der Waals surface area contributed by atoms with E-state index >= 15 is 0 Å². The standard InChI is InChI=1S/C24H25N7O2/c1-2-25-24(33)29-23-27-19-13-18(14-20(22(19)28-23)31-12-4-10-26-31)17-8-6-16(7-9-17)15-30-11-3-5-21(30)32/h4,6-10,12-14H,2-3,5,11,15H2,1H3,(H3,25,27,28,29,33). The van der Waals surface area contributed by atoms with E-state index in [-0.39, 0.29) is 11.9 Å². The lowest BCUT2D eigenvalue weighted by atomic mass is 10.0. The molecule has 0 bridgehead atoms. The Labute approximate surface area is 190 Å². The molecular weight excluding hydrogens is 418 g/mol. The summed E-state index contributed by atoms with van der Waals surface area (Å²) in [5.74, 6) is 0.594. The molecular formula is C24H25N7O2. The van der Waals surface area contributed by atoms with Crippen molar-refractivity contribution in [2.75, 3.05) is 18.4 Å². The number of aromatic nitrogens is 4. The predicted molar refractivity (Wildman–Crippen MR) is 126 cm³/mol. The Balaban J connectivity index is 1.48. The van der Waals surface area contributed by atoms with Gasteiger partial charge in [0.2, 0.25) is 11.9 Å². The zero-order chi connectivity index (χ0) is 22.8. The summed E-state index contributed by atoms with van der Waals surface area (Å²) in [4.78, 5) is 33.5. The lowest BCUT2D eigenvalue weighted by Gasteiger charge is -2.15. The monoisotopic (exact) mass is 443 g/mol. The SMILES string of the molecule is CCNC(=O)Nc1nc2cc(-c3ccc(CN4CCCC4=O)cc3)cc(-n3cccn3)c2[nH]1. The van der Waals surface area contributed by atoms with Gasteiger partial charge in [-0.15, -0.1) is 0 Å². The fourth-order valence-corrected chi connectivity index (χ4v) is 4.12. The molecule has 2 aromatic carbocycles. The number of anilines is 1. The molecule has 1 aliphatic heterocycles. The molecule has 0 atom stereocenters. The van der Waals surface area contributed by atoms with Gasteiger partial charge in [-0.3, -0.25) is 10.1 Å². The second kappa shape index (κ2) is 8.78. The summed E-state index contributed by atoms with van der Waals surface area (Å²) in [5.41, 5.74) is 5.44. The van der Waals surface area contributed by atoms with Crippen molar-refractivity contribution in [1.82, 2.24) is 30.0 Å². The third-order valence-corrected chi connectivity index (χ3v) is 5.72. The molecule has 1 aliphatic rings. The number of aromatic amines is 1. The third-order valence-electron chi connectivity index (χ3n) is 5.72. The Hall–Kier alpha value is -4.14. The van der Waals surface area contributed by atoms with Gasteiger partial charge in [-0.25, -0.2) is 14.5 Å². The van der Waals surface area contributed by atoms with Gasteiger partial charge < -0.3 is 15.2 Å². The number of hydrogen-bond acceptors (Lipinski definition) is 4. The first-order chi connectivity index (χ1) is 16.1. The second-order valence-corrected chi connectivity index (χ2v) is 8.03. The molecule has 2 aromatic heterocycles. The van der Waals surface area contributed by atoms with Crippen molar-refractivity contribution in [2.45, 2.75) is 26.3 Å². The van der Waals surface area contributed by atoms with Crippen LogP contribution in [-0.4, -0.2) is 49.7 Å². The average molecular weight is 444 g/mol. The summed E-state index contributed by atoms with van der Waals surface area (Å²) in [6.45, 7) is 3.85. The number of rotatable bonds is 6. The summed E-state index contributed by atoms with van der Waals surface area (Å²) in [7, 11) is 0. The van der Waals surface area contributed by atoms with Crippen LogP contribution in [0.1, 0.15) is 25.3 Å². The molecule has 3 amide bonds. The molecule has 1 saturated heterocycles. The van der Waals surface area contributed by atoms with Gasteiger partial charge in [-0.05, 0) is 48.2 Å². The molecule has 0 saturated carbocycles. The highest BCUT2D eigenvalue weighted by Gasteiger charge is 2.20. The quantitative estimate of drug-likeness (QED) is 0.422. The molecule has 33 heavy (non-hydrogen) atoms. The van der Waals surface area contributed by atoms with Gasteiger partial charge >= 0.3 is 6.03 Å². The Kier molecular flexibility index (Phi) is 5.52. The van der Waals surface area contributed by atoms with Crippen LogP contribution < -0.4 is 10.6 Å². The van der Waals surface area contributed by atoms with Crippen LogP contribution in [0.5, 0.6) is 0 Å². The van der Waals surface area contributed by atoms with Crippen molar-refractivity contribution in [3.8, 4) is 16.8 Å². The van der Waals surface area contributed by atoms with Crippen LogP contribution in [0.25, 0.3) is 27.8 Å². The topological polar surface area (TPSA) is 108 Å². The number of likely N-dealkylation sites (tertiary alicyclic amines) is 1. The zero-order valence-corrected chi connectivity index (χ0v) is 18.3. The predicted octanol–water partition coefficient (Wildman–Crippen LogP) is 3.68. The highest BCUT2D eigenvalue weighted by Crippen LogP contribution is 2.30. The van der Waals surface area contributed by atoms with Gasteiger partial charge in [-0.2, -0.15) is 5.10 Å². The number of nitrogens with zero attached hydrogens (tertiary/aromatic N) is 4. The van der Waals surface area contributed by atoms with Crippen LogP contribution >= 0.6 is 0 Å². The van der Waals surface area contributed by atoms with Crippen molar-refractivity contribution in [3.05, 3.63) is 60.4 Å². The molecule has 168 valence electrons. The number of nitrogens with one attached hydrogen (secondary N) is 3. The Morgan fingerprint density at radius 3 is 2.73 bits per heavy atom. The molecule has 0 radical (unpaired) electrons. The maximum Gasteiger partial charge on any atom is 0.321 e. The number of fused-ring (bicyclic) bond motifs is 1. The minimum atomic E-state index is -0.315. The summed E-state index contributed by atoms with van der Waals surface area (Å²) in [6, 6.07) is 13.8. The first kappa shape index (κ1) is 20.7. The number of imidazole rings is 1. The highest BCUT2D eigenvalue weighted by atomic mass is 16.2. The fraction of sp³-hybridized carbons (Fsp3) is 0.250. The van der Waals surface area contributed by atoms with E-state index in [1.54, 1.807) is 10.9 Å². The summed E-state index contributed by atoms with van der Waals surface area (Å²) < 4.78 is 1.77. The van der Waals surface area contributed by atoms with E-state index in [1.807, 2.05) is 36.2 Å². The van der Waals surface area contributed by atoms with Crippen LogP contribution in [0.15, 0.2) is 54.9 Å². The van der Waals surface area contributed by atoms with Crippen molar-refractivity contribution in [3.63, 3.8) is 0 Å². The Bertz CT molecular complexity index is 1290. The van der Waals surface area contributed by atoms with Crippen LogP contribution in [0.2, 0.25) is 0 Å². The fourth-order valence-electron chi connectivity index (χ4n) is 4.12. The van der Waals surface area contributed by atoms with Crippen LogP contribution in [0.4, 0.5) is 10.7 Å². The highest BCUT2D eigenvalue weighted by molar-refractivity contribution is 5.94. The maximum absolute atomic E-state index is 11.9. The van der Waals surface area contributed by atoms with E-state index < -0.39 is 0 Å². The van der Waals surface area contributed by atoms with Gasteiger partial charge in [-0.1, -0.05) is 24.3 Å². The number of benzene rings is 2. The van der Waals surface area contributed by atoms with E-state index in [1.165, 1.54) is 0 Å². The van der Waals surface area contributed by atoms with Gasteiger partial charge in [0, 0.05) is 38.4 Å². The molecule has 1 fully saturated rings. The molecule has 4 aromatic rings. The Morgan fingerprint density at radius 2 is 2.03 bits per heavy atom. The molecule has 3 N–H and O–H groups in total. The van der Waals surface area contributed by atoms with Crippen LogP contribution in [0, 0.1) is 0 Å². The average Bonchev–Trinajstić information content (AvgIpc) is 3.55. The van der Waals surface area contributed by atoms with E-state index in [9.17, 15) is 9.59 Å². The normalized spacial score (nSPS) is 13.6. The Morgan fingerprint density at radius 1 is 1.18 bits per heavy atom. The molecule has 0 aliphatic carbocycles. The first-order valence-corrected chi connectivity index (χ1v) is 11.1. The van der Waals surface area contributed by atoms with Crippen molar-refractivity contribution < 1.29 is 9.59 Å². The number of carbonyl (C=O) groups is 2. The van der Waals surface area contributed by atoms with Gasteiger partial charge in [0.15, 0.2) is 0 Å². The largest absolute Gasteiger partial charge is 0.338 e. The molecule has 9 nitrogen and oxygen atoms in total. The lowest BCUT2D eigenvalue weighted by molar-refractivity contribution is -0.128. The van der Waals surface area contributed by atoms with Crippen LogP contribution in [0.3, 0.4) is 0 Å². The maximum atomic E-state index is 11.9. The van der Waals surface area contributed by atoms with Gasteiger partial charge in [0.05, 0.1) is 16.7 Å². The summed E-state index contributed by atoms with van der Waals surface area (Å²) >= 11 is 0. The molecule has 0 spiro atoms.